The van der Waals surface area contributed by atoms with Crippen LogP contribution in [0.4, 0.5) is 5.69 Å². The van der Waals surface area contributed by atoms with Crippen LogP contribution in [0.25, 0.3) is 0 Å². The summed E-state index contributed by atoms with van der Waals surface area (Å²) in [4.78, 5) is 11.3. The number of carbonyl (C=O) groups is 1. The first-order valence-corrected chi connectivity index (χ1v) is 7.94. The van der Waals surface area contributed by atoms with Gasteiger partial charge in [0.05, 0.1) is 10.2 Å². The van der Waals surface area contributed by atoms with Gasteiger partial charge in [0.1, 0.15) is 0 Å². The number of anilines is 1. The van der Waals surface area contributed by atoms with Crippen LogP contribution < -0.4 is 10.0 Å². The molecular formula is C11H15BrN2O3S. The van der Waals surface area contributed by atoms with Gasteiger partial charge in [-0.1, -0.05) is 15.9 Å². The molecule has 100 valence electrons. The van der Waals surface area contributed by atoms with E-state index in [-0.39, 0.29) is 22.2 Å². The van der Waals surface area contributed by atoms with Crippen molar-refractivity contribution >= 4 is 37.5 Å². The van der Waals surface area contributed by atoms with Crippen LogP contribution in [0.3, 0.4) is 0 Å². The monoisotopic (exact) mass is 334 g/mol. The lowest BCUT2D eigenvalue weighted by Gasteiger charge is -2.10. The summed E-state index contributed by atoms with van der Waals surface area (Å²) in [6.45, 7) is 3.50. The highest BCUT2D eigenvalue weighted by Gasteiger charge is 2.14. The summed E-state index contributed by atoms with van der Waals surface area (Å²) in [5, 5.41) is 2.81. The first-order chi connectivity index (χ1) is 8.35. The molecule has 0 aliphatic rings. The molecule has 1 amide bonds. The Balaban J connectivity index is 2.86. The molecule has 2 N–H and O–H groups in total. The molecule has 0 radical (unpaired) electrons. The molecule has 0 atom stereocenters. The number of hydrogen-bond donors (Lipinski definition) is 2. The third-order valence-corrected chi connectivity index (χ3v) is 4.14. The van der Waals surface area contributed by atoms with Crippen LogP contribution in [-0.4, -0.2) is 25.7 Å². The zero-order chi connectivity index (χ0) is 13.8. The first kappa shape index (κ1) is 15.1. The minimum Gasteiger partial charge on any atom is -0.325 e. The molecule has 0 fully saturated rings. The minimum atomic E-state index is -3.48. The summed E-state index contributed by atoms with van der Waals surface area (Å²) in [7, 11) is -3.48. The third-order valence-electron chi connectivity index (χ3n) is 1.96. The van der Waals surface area contributed by atoms with Crippen LogP contribution >= 0.6 is 15.9 Å². The van der Waals surface area contributed by atoms with Gasteiger partial charge in [0.25, 0.3) is 0 Å². The topological polar surface area (TPSA) is 75.3 Å². The van der Waals surface area contributed by atoms with E-state index in [2.05, 4.69) is 26.0 Å². The highest BCUT2D eigenvalue weighted by Crippen LogP contribution is 2.14. The molecule has 0 aliphatic heterocycles. The molecular weight excluding hydrogens is 320 g/mol. The summed E-state index contributed by atoms with van der Waals surface area (Å²) in [5.74, 6) is -0.189. The quantitative estimate of drug-likeness (QED) is 0.805. The van der Waals surface area contributed by atoms with Crippen LogP contribution in [0.5, 0.6) is 0 Å². The second-order valence-corrected chi connectivity index (χ2v) is 6.26. The van der Waals surface area contributed by atoms with Gasteiger partial charge in [-0.25, -0.2) is 13.1 Å². The SMILES string of the molecule is CC(C)NS(=O)(=O)c1ccc(NC(=O)CBr)cc1. The van der Waals surface area contributed by atoms with Gasteiger partial charge in [0.2, 0.25) is 15.9 Å². The lowest BCUT2D eigenvalue weighted by atomic mass is 10.3. The van der Waals surface area contributed by atoms with Crippen molar-refractivity contribution < 1.29 is 13.2 Å². The Hall–Kier alpha value is -0.920. The maximum Gasteiger partial charge on any atom is 0.240 e. The van der Waals surface area contributed by atoms with E-state index >= 15 is 0 Å². The Kier molecular flexibility index (Phi) is 5.30. The number of benzene rings is 1. The summed E-state index contributed by atoms with van der Waals surface area (Å²) < 4.78 is 26.1. The van der Waals surface area contributed by atoms with Crippen molar-refractivity contribution in [1.29, 1.82) is 0 Å². The highest BCUT2D eigenvalue weighted by molar-refractivity contribution is 9.09. The Morgan fingerprint density at radius 1 is 1.28 bits per heavy atom. The fraction of sp³-hybridized carbons (Fsp3) is 0.364. The molecule has 0 unspecified atom stereocenters. The largest absolute Gasteiger partial charge is 0.325 e. The molecule has 5 nitrogen and oxygen atoms in total. The molecule has 0 spiro atoms. The molecule has 0 saturated carbocycles. The molecule has 0 aromatic heterocycles. The van der Waals surface area contributed by atoms with Gasteiger partial charge in [-0.3, -0.25) is 4.79 Å². The molecule has 1 aromatic carbocycles. The Bertz CT molecular complexity index is 512. The van der Waals surface area contributed by atoms with E-state index in [1.54, 1.807) is 26.0 Å². The van der Waals surface area contributed by atoms with Gasteiger partial charge in [0.15, 0.2) is 0 Å². The van der Waals surface area contributed by atoms with Crippen LogP contribution in [0, 0.1) is 0 Å². The zero-order valence-electron chi connectivity index (χ0n) is 10.1. The predicted molar refractivity (Wildman–Crippen MR) is 74.3 cm³/mol. The molecule has 18 heavy (non-hydrogen) atoms. The zero-order valence-corrected chi connectivity index (χ0v) is 12.5. The lowest BCUT2D eigenvalue weighted by molar-refractivity contribution is -0.113. The Labute approximate surface area is 115 Å². The van der Waals surface area contributed by atoms with E-state index in [1.807, 2.05) is 0 Å². The van der Waals surface area contributed by atoms with Crippen molar-refractivity contribution in [2.45, 2.75) is 24.8 Å². The molecule has 1 aromatic rings. The summed E-state index contributed by atoms with van der Waals surface area (Å²) in [6.07, 6.45) is 0. The summed E-state index contributed by atoms with van der Waals surface area (Å²) in [5.41, 5.74) is 0.558. The smallest absolute Gasteiger partial charge is 0.240 e. The van der Waals surface area contributed by atoms with E-state index in [4.69, 9.17) is 0 Å². The molecule has 0 aliphatic carbocycles. The number of sulfonamides is 1. The molecule has 1 rings (SSSR count). The van der Waals surface area contributed by atoms with Gasteiger partial charge >= 0.3 is 0 Å². The number of carbonyl (C=O) groups excluding carboxylic acids is 1. The predicted octanol–water partition coefficient (Wildman–Crippen LogP) is 1.71. The van der Waals surface area contributed by atoms with Gasteiger partial charge in [-0.05, 0) is 38.1 Å². The first-order valence-electron chi connectivity index (χ1n) is 5.33. The fourth-order valence-electron chi connectivity index (χ4n) is 1.29. The molecule has 7 heteroatoms. The Morgan fingerprint density at radius 2 is 1.83 bits per heavy atom. The molecule has 0 bridgehead atoms. The van der Waals surface area contributed by atoms with Gasteiger partial charge in [-0.15, -0.1) is 0 Å². The number of alkyl halides is 1. The highest BCUT2D eigenvalue weighted by atomic mass is 79.9. The van der Waals surface area contributed by atoms with Gasteiger partial charge < -0.3 is 5.32 Å². The van der Waals surface area contributed by atoms with Gasteiger partial charge in [-0.2, -0.15) is 0 Å². The van der Waals surface area contributed by atoms with E-state index in [1.165, 1.54) is 12.1 Å². The maximum atomic E-state index is 11.8. The number of amides is 1. The normalized spacial score (nSPS) is 11.6. The fourth-order valence-corrected chi connectivity index (χ4v) is 2.68. The number of hydrogen-bond acceptors (Lipinski definition) is 3. The van der Waals surface area contributed by atoms with Crippen molar-refractivity contribution in [2.75, 3.05) is 10.6 Å². The van der Waals surface area contributed by atoms with E-state index in [9.17, 15) is 13.2 Å². The Morgan fingerprint density at radius 3 is 2.28 bits per heavy atom. The van der Waals surface area contributed by atoms with E-state index in [0.717, 1.165) is 0 Å². The van der Waals surface area contributed by atoms with Crippen molar-refractivity contribution in [1.82, 2.24) is 4.72 Å². The average molecular weight is 335 g/mol. The van der Waals surface area contributed by atoms with Crippen molar-refractivity contribution in [2.24, 2.45) is 0 Å². The van der Waals surface area contributed by atoms with E-state index in [0.29, 0.717) is 5.69 Å². The van der Waals surface area contributed by atoms with Crippen LogP contribution in [-0.2, 0) is 14.8 Å². The summed E-state index contributed by atoms with van der Waals surface area (Å²) >= 11 is 3.03. The molecule has 0 heterocycles. The average Bonchev–Trinajstić information content (AvgIpc) is 2.28. The van der Waals surface area contributed by atoms with Crippen molar-refractivity contribution in [3.63, 3.8) is 0 Å². The standard InChI is InChI=1S/C11H15BrN2O3S/c1-8(2)14-18(16,17)10-5-3-9(4-6-10)13-11(15)7-12/h3-6,8,14H,7H2,1-2H3,(H,13,15). The van der Waals surface area contributed by atoms with Crippen LogP contribution in [0.1, 0.15) is 13.8 Å². The number of halogens is 1. The van der Waals surface area contributed by atoms with Gasteiger partial charge in [0, 0.05) is 11.7 Å². The molecule has 0 saturated heterocycles. The third kappa shape index (κ3) is 4.40. The lowest BCUT2D eigenvalue weighted by Crippen LogP contribution is -2.30. The van der Waals surface area contributed by atoms with Crippen LogP contribution in [0.2, 0.25) is 0 Å². The second-order valence-electron chi connectivity index (χ2n) is 3.98. The number of nitrogens with one attached hydrogen (secondary N) is 2. The number of rotatable bonds is 5. The maximum absolute atomic E-state index is 11.8. The van der Waals surface area contributed by atoms with Crippen molar-refractivity contribution in [3.05, 3.63) is 24.3 Å². The van der Waals surface area contributed by atoms with Crippen LogP contribution in [0.15, 0.2) is 29.2 Å². The minimum absolute atomic E-state index is 0.164. The second kappa shape index (κ2) is 6.31. The summed E-state index contributed by atoms with van der Waals surface area (Å²) in [6, 6.07) is 5.84. The van der Waals surface area contributed by atoms with E-state index < -0.39 is 10.0 Å². The van der Waals surface area contributed by atoms with Crippen molar-refractivity contribution in [3.8, 4) is 0 Å².